The van der Waals surface area contributed by atoms with E-state index in [1.165, 1.54) is 6.20 Å². The normalized spacial score (nSPS) is 10.9. The Balaban J connectivity index is 1.70. The summed E-state index contributed by atoms with van der Waals surface area (Å²) in [4.78, 5) is 24.5. The average molecular weight is 366 g/mol. The van der Waals surface area contributed by atoms with Gasteiger partial charge in [0.2, 0.25) is 0 Å². The second-order valence-electron chi connectivity index (χ2n) is 4.45. The van der Waals surface area contributed by atoms with E-state index in [1.807, 2.05) is 24.3 Å². The van der Waals surface area contributed by atoms with Crippen molar-refractivity contribution in [2.45, 2.75) is 17.0 Å². The molecule has 0 aliphatic carbocycles. The molecule has 2 heterocycles. The molecule has 8 heteroatoms. The van der Waals surface area contributed by atoms with Gasteiger partial charge >= 0.3 is 5.97 Å². The van der Waals surface area contributed by atoms with Crippen LogP contribution in [-0.4, -0.2) is 27.5 Å². The lowest BCUT2D eigenvalue weighted by molar-refractivity contribution is 0.0525. The summed E-state index contributed by atoms with van der Waals surface area (Å²) in [5.41, 5.74) is 1.17. The number of carbonyl (C=O) groups is 1. The molecule has 0 aliphatic rings. The van der Waals surface area contributed by atoms with Gasteiger partial charge in [0.25, 0.3) is 0 Å². The second-order valence-corrected chi connectivity index (χ2v) is 7.06. The Morgan fingerprint density at radius 3 is 2.91 bits per heavy atom. The summed E-state index contributed by atoms with van der Waals surface area (Å²) in [5, 5.41) is 0.110. The summed E-state index contributed by atoms with van der Waals surface area (Å²) >= 11 is 9.20. The summed E-state index contributed by atoms with van der Waals surface area (Å²) in [6, 6.07) is 7.98. The number of nitrogens with zero attached hydrogens (tertiary/aromatic N) is 3. The van der Waals surface area contributed by atoms with Gasteiger partial charge in [0, 0.05) is 6.20 Å². The molecule has 3 aromatic rings. The Morgan fingerprint density at radius 1 is 1.35 bits per heavy atom. The second kappa shape index (κ2) is 7.25. The molecule has 0 N–H and O–H groups in total. The number of esters is 1. The number of benzene rings is 1. The van der Waals surface area contributed by atoms with Crippen molar-refractivity contribution in [2.75, 3.05) is 6.61 Å². The molecule has 0 fully saturated rings. The number of rotatable bonds is 5. The summed E-state index contributed by atoms with van der Waals surface area (Å²) in [6.45, 7) is 2.01. The number of para-hydroxylation sites is 1. The van der Waals surface area contributed by atoms with Crippen LogP contribution < -0.4 is 0 Å². The Hall–Kier alpha value is -1.70. The summed E-state index contributed by atoms with van der Waals surface area (Å²) in [5.74, 6) is 0.568. The van der Waals surface area contributed by atoms with Crippen LogP contribution in [0, 0.1) is 0 Å². The zero-order valence-electron chi connectivity index (χ0n) is 12.2. The minimum absolute atomic E-state index is 0.110. The van der Waals surface area contributed by atoms with Gasteiger partial charge in [-0.25, -0.2) is 19.7 Å². The number of thioether (sulfide) groups is 1. The van der Waals surface area contributed by atoms with E-state index in [-0.39, 0.29) is 17.3 Å². The number of halogens is 1. The zero-order chi connectivity index (χ0) is 16.2. The minimum Gasteiger partial charge on any atom is -0.462 e. The third kappa shape index (κ3) is 3.80. The van der Waals surface area contributed by atoms with Crippen molar-refractivity contribution >= 4 is 50.9 Å². The summed E-state index contributed by atoms with van der Waals surface area (Å²) < 4.78 is 6.98. The van der Waals surface area contributed by atoms with Gasteiger partial charge in [-0.15, -0.1) is 11.3 Å². The van der Waals surface area contributed by atoms with Crippen LogP contribution in [0.15, 0.2) is 34.8 Å². The van der Waals surface area contributed by atoms with Gasteiger partial charge in [0.15, 0.2) is 4.34 Å². The molecule has 0 saturated carbocycles. The molecule has 0 amide bonds. The number of thiazole rings is 1. The van der Waals surface area contributed by atoms with E-state index in [1.54, 1.807) is 30.0 Å². The number of aromatic nitrogens is 3. The van der Waals surface area contributed by atoms with Crippen LogP contribution in [0.5, 0.6) is 0 Å². The minimum atomic E-state index is -0.511. The largest absolute Gasteiger partial charge is 0.462 e. The van der Waals surface area contributed by atoms with Crippen molar-refractivity contribution in [3.8, 4) is 0 Å². The Labute approximate surface area is 146 Å². The lowest BCUT2D eigenvalue weighted by Crippen LogP contribution is -2.08. The lowest BCUT2D eigenvalue weighted by atomic mass is 10.3. The standard InChI is InChI=1S/C15H12ClN3O2S2/c1-2-21-14(20)9-7-17-12(19-13(9)16)8-22-15-18-10-5-3-4-6-11(10)23-15/h3-7H,2,8H2,1H3. The van der Waals surface area contributed by atoms with Crippen LogP contribution in [-0.2, 0) is 10.5 Å². The fourth-order valence-electron chi connectivity index (χ4n) is 1.85. The van der Waals surface area contributed by atoms with Gasteiger partial charge in [-0.2, -0.15) is 0 Å². The van der Waals surface area contributed by atoms with Gasteiger partial charge in [0.05, 0.1) is 22.6 Å². The van der Waals surface area contributed by atoms with Gasteiger partial charge < -0.3 is 4.74 Å². The van der Waals surface area contributed by atoms with E-state index in [2.05, 4.69) is 15.0 Å². The van der Waals surface area contributed by atoms with Crippen LogP contribution in [0.25, 0.3) is 10.2 Å². The highest BCUT2D eigenvalue weighted by Crippen LogP contribution is 2.31. The van der Waals surface area contributed by atoms with Crippen LogP contribution in [0.1, 0.15) is 23.1 Å². The maximum absolute atomic E-state index is 11.7. The first-order valence-corrected chi connectivity index (χ1v) is 9.02. The smallest absolute Gasteiger partial charge is 0.342 e. The zero-order valence-corrected chi connectivity index (χ0v) is 14.5. The SMILES string of the molecule is CCOC(=O)c1cnc(CSc2nc3ccccc3s2)nc1Cl. The molecule has 0 aliphatic heterocycles. The Morgan fingerprint density at radius 2 is 2.17 bits per heavy atom. The molecule has 0 bridgehead atoms. The summed E-state index contributed by atoms with van der Waals surface area (Å²) in [6.07, 6.45) is 1.40. The van der Waals surface area contributed by atoms with Crippen molar-refractivity contribution in [2.24, 2.45) is 0 Å². The summed E-state index contributed by atoms with van der Waals surface area (Å²) in [7, 11) is 0. The highest BCUT2D eigenvalue weighted by molar-refractivity contribution is 8.00. The highest BCUT2D eigenvalue weighted by Gasteiger charge is 2.14. The van der Waals surface area contributed by atoms with Crippen LogP contribution in [0.4, 0.5) is 0 Å². The molecule has 2 aromatic heterocycles. The van der Waals surface area contributed by atoms with E-state index in [0.717, 1.165) is 14.6 Å². The van der Waals surface area contributed by atoms with Crippen molar-refractivity contribution < 1.29 is 9.53 Å². The molecule has 118 valence electrons. The number of fused-ring (bicyclic) bond motifs is 1. The molecule has 23 heavy (non-hydrogen) atoms. The van der Waals surface area contributed by atoms with Gasteiger partial charge in [-0.1, -0.05) is 35.5 Å². The lowest BCUT2D eigenvalue weighted by Gasteiger charge is -2.04. The van der Waals surface area contributed by atoms with Crippen molar-refractivity contribution in [1.29, 1.82) is 0 Å². The van der Waals surface area contributed by atoms with E-state index in [9.17, 15) is 4.79 Å². The first-order valence-electron chi connectivity index (χ1n) is 6.84. The van der Waals surface area contributed by atoms with Crippen molar-refractivity contribution in [3.05, 3.63) is 47.0 Å². The van der Waals surface area contributed by atoms with Crippen LogP contribution >= 0.6 is 34.7 Å². The quantitative estimate of drug-likeness (QED) is 0.383. The highest BCUT2D eigenvalue weighted by atomic mass is 35.5. The number of ether oxygens (including phenoxy) is 1. The van der Waals surface area contributed by atoms with E-state index >= 15 is 0 Å². The first kappa shape index (κ1) is 16.2. The molecule has 1 aromatic carbocycles. The van der Waals surface area contributed by atoms with Crippen LogP contribution in [0.2, 0.25) is 5.15 Å². The topological polar surface area (TPSA) is 65.0 Å². The fourth-order valence-corrected chi connectivity index (χ4v) is 4.01. The molecular formula is C15H12ClN3O2S2. The first-order chi connectivity index (χ1) is 11.2. The third-order valence-electron chi connectivity index (χ3n) is 2.89. The molecule has 0 unspecified atom stereocenters. The maximum Gasteiger partial charge on any atom is 0.342 e. The van der Waals surface area contributed by atoms with Crippen molar-refractivity contribution in [3.63, 3.8) is 0 Å². The maximum atomic E-state index is 11.7. The molecule has 0 spiro atoms. The fraction of sp³-hybridized carbons (Fsp3) is 0.200. The third-order valence-corrected chi connectivity index (χ3v) is 5.35. The van der Waals surface area contributed by atoms with E-state index in [4.69, 9.17) is 16.3 Å². The molecule has 3 rings (SSSR count). The predicted molar refractivity (Wildman–Crippen MR) is 92.2 cm³/mol. The van der Waals surface area contributed by atoms with Gasteiger partial charge in [-0.3, -0.25) is 0 Å². The molecule has 0 atom stereocenters. The van der Waals surface area contributed by atoms with Crippen molar-refractivity contribution in [1.82, 2.24) is 15.0 Å². The average Bonchev–Trinajstić information content (AvgIpc) is 2.96. The Kier molecular flexibility index (Phi) is 5.09. The molecule has 0 radical (unpaired) electrons. The molecule has 0 saturated heterocycles. The molecular weight excluding hydrogens is 354 g/mol. The number of carbonyl (C=O) groups excluding carboxylic acids is 1. The number of hydrogen-bond donors (Lipinski definition) is 0. The monoisotopic (exact) mass is 365 g/mol. The van der Waals surface area contributed by atoms with Crippen LogP contribution in [0.3, 0.4) is 0 Å². The molecule has 5 nitrogen and oxygen atoms in total. The number of hydrogen-bond acceptors (Lipinski definition) is 7. The van der Waals surface area contributed by atoms with Gasteiger partial charge in [-0.05, 0) is 19.1 Å². The Bertz CT molecular complexity index is 821. The van der Waals surface area contributed by atoms with E-state index in [0.29, 0.717) is 11.6 Å². The van der Waals surface area contributed by atoms with Gasteiger partial charge in [0.1, 0.15) is 16.5 Å². The predicted octanol–water partition coefficient (Wildman–Crippen LogP) is 4.21. The van der Waals surface area contributed by atoms with E-state index < -0.39 is 5.97 Å².